The molecule has 0 bridgehead atoms. The van der Waals surface area contributed by atoms with Gasteiger partial charge in [0.25, 0.3) is 0 Å². The van der Waals surface area contributed by atoms with E-state index in [2.05, 4.69) is 10.2 Å². The van der Waals surface area contributed by atoms with Crippen molar-refractivity contribution in [3.8, 4) is 0 Å². The highest BCUT2D eigenvalue weighted by atomic mass is 19.1. The lowest BCUT2D eigenvalue weighted by atomic mass is 9.88. The minimum absolute atomic E-state index is 0.153. The molecule has 4 heteroatoms. The van der Waals surface area contributed by atoms with Crippen LogP contribution in [0.2, 0.25) is 0 Å². The molecule has 0 radical (unpaired) electrons. The molecule has 0 aromatic heterocycles. The highest BCUT2D eigenvalue weighted by Gasteiger charge is 2.32. The van der Waals surface area contributed by atoms with E-state index in [1.165, 1.54) is 6.07 Å². The summed E-state index contributed by atoms with van der Waals surface area (Å²) in [6, 6.07) is 6.68. The Labute approximate surface area is 101 Å². The summed E-state index contributed by atoms with van der Waals surface area (Å²) >= 11 is 0. The summed E-state index contributed by atoms with van der Waals surface area (Å²) in [5.41, 5.74) is 0.761. The SMILES string of the molecule is CNC1(CO)CCN(c2cccc(F)c2)CC1. The number of aliphatic hydroxyl groups is 1. The van der Waals surface area contributed by atoms with E-state index in [0.717, 1.165) is 31.6 Å². The van der Waals surface area contributed by atoms with Crippen LogP contribution in [0, 0.1) is 5.82 Å². The first-order chi connectivity index (χ1) is 8.19. The first-order valence-electron chi connectivity index (χ1n) is 5.99. The third-order valence-electron chi connectivity index (χ3n) is 3.73. The van der Waals surface area contributed by atoms with Gasteiger partial charge in [0.15, 0.2) is 0 Å². The Balaban J connectivity index is 2.04. The minimum Gasteiger partial charge on any atom is -0.394 e. The third kappa shape index (κ3) is 2.58. The van der Waals surface area contributed by atoms with Crippen LogP contribution in [0.1, 0.15) is 12.8 Å². The van der Waals surface area contributed by atoms with E-state index < -0.39 is 0 Å². The molecule has 1 saturated heterocycles. The maximum absolute atomic E-state index is 13.1. The number of hydrogen-bond acceptors (Lipinski definition) is 3. The fourth-order valence-corrected chi connectivity index (χ4v) is 2.35. The van der Waals surface area contributed by atoms with Gasteiger partial charge in [-0.15, -0.1) is 0 Å². The molecule has 0 atom stereocenters. The summed E-state index contributed by atoms with van der Waals surface area (Å²) in [6.07, 6.45) is 1.74. The van der Waals surface area contributed by atoms with Crippen LogP contribution in [0.3, 0.4) is 0 Å². The molecule has 0 saturated carbocycles. The summed E-state index contributed by atoms with van der Waals surface area (Å²) in [5.74, 6) is -0.199. The number of anilines is 1. The highest BCUT2D eigenvalue weighted by molar-refractivity contribution is 5.47. The highest BCUT2D eigenvalue weighted by Crippen LogP contribution is 2.26. The van der Waals surface area contributed by atoms with Gasteiger partial charge in [0.05, 0.1) is 6.61 Å². The largest absolute Gasteiger partial charge is 0.394 e. The van der Waals surface area contributed by atoms with Gasteiger partial charge in [-0.25, -0.2) is 4.39 Å². The van der Waals surface area contributed by atoms with E-state index >= 15 is 0 Å². The van der Waals surface area contributed by atoms with Gasteiger partial charge in [-0.1, -0.05) is 6.07 Å². The fraction of sp³-hybridized carbons (Fsp3) is 0.538. The van der Waals surface area contributed by atoms with Gasteiger partial charge in [-0.2, -0.15) is 0 Å². The van der Waals surface area contributed by atoms with Crippen LogP contribution < -0.4 is 10.2 Å². The maximum atomic E-state index is 13.1. The molecular weight excluding hydrogens is 219 g/mol. The molecular formula is C13H19FN2O. The second-order valence-electron chi connectivity index (χ2n) is 4.66. The Morgan fingerprint density at radius 2 is 2.12 bits per heavy atom. The minimum atomic E-state index is -0.199. The van der Waals surface area contributed by atoms with Crippen LogP contribution in [0.15, 0.2) is 24.3 Å². The topological polar surface area (TPSA) is 35.5 Å². The van der Waals surface area contributed by atoms with Gasteiger partial charge < -0.3 is 15.3 Å². The Morgan fingerprint density at radius 1 is 1.41 bits per heavy atom. The molecule has 1 aliphatic rings. The molecule has 0 amide bonds. The molecule has 2 N–H and O–H groups in total. The predicted octanol–water partition coefficient (Wildman–Crippen LogP) is 1.38. The Kier molecular flexibility index (Phi) is 3.64. The molecule has 0 aliphatic carbocycles. The fourth-order valence-electron chi connectivity index (χ4n) is 2.35. The van der Waals surface area contributed by atoms with Crippen molar-refractivity contribution in [3.05, 3.63) is 30.1 Å². The lowest BCUT2D eigenvalue weighted by Gasteiger charge is -2.41. The molecule has 1 fully saturated rings. The van der Waals surface area contributed by atoms with Gasteiger partial charge in [0.1, 0.15) is 5.82 Å². The van der Waals surface area contributed by atoms with Crippen molar-refractivity contribution in [2.24, 2.45) is 0 Å². The van der Waals surface area contributed by atoms with Crippen LogP contribution in [0.4, 0.5) is 10.1 Å². The van der Waals surface area contributed by atoms with Crippen molar-refractivity contribution in [1.29, 1.82) is 0 Å². The number of rotatable bonds is 3. The second kappa shape index (κ2) is 5.02. The average Bonchev–Trinajstić information content (AvgIpc) is 2.39. The van der Waals surface area contributed by atoms with E-state index in [1.807, 2.05) is 13.1 Å². The van der Waals surface area contributed by atoms with Gasteiger partial charge in [0, 0.05) is 24.3 Å². The number of nitrogens with one attached hydrogen (secondary N) is 1. The van der Waals surface area contributed by atoms with Crippen molar-refractivity contribution >= 4 is 5.69 Å². The van der Waals surface area contributed by atoms with Crippen LogP contribution in [-0.4, -0.2) is 37.4 Å². The van der Waals surface area contributed by atoms with E-state index in [9.17, 15) is 9.50 Å². The van der Waals surface area contributed by atoms with Crippen molar-refractivity contribution < 1.29 is 9.50 Å². The Bertz CT molecular complexity index is 369. The summed E-state index contributed by atoms with van der Waals surface area (Å²) in [5, 5.41) is 12.6. The zero-order valence-electron chi connectivity index (χ0n) is 10.1. The summed E-state index contributed by atoms with van der Waals surface area (Å²) in [4.78, 5) is 2.16. The number of likely N-dealkylation sites (N-methyl/N-ethyl adjacent to an activating group) is 1. The molecule has 17 heavy (non-hydrogen) atoms. The molecule has 94 valence electrons. The number of halogens is 1. The molecule has 1 aromatic rings. The third-order valence-corrected chi connectivity index (χ3v) is 3.73. The quantitative estimate of drug-likeness (QED) is 0.835. The van der Waals surface area contributed by atoms with E-state index in [4.69, 9.17) is 0 Å². The van der Waals surface area contributed by atoms with Crippen LogP contribution in [0.5, 0.6) is 0 Å². The maximum Gasteiger partial charge on any atom is 0.125 e. The average molecular weight is 238 g/mol. The lowest BCUT2D eigenvalue weighted by Crippen LogP contribution is -2.54. The molecule has 1 heterocycles. The normalized spacial score (nSPS) is 19.4. The predicted molar refractivity (Wildman–Crippen MR) is 66.7 cm³/mol. The number of nitrogens with zero attached hydrogens (tertiary/aromatic N) is 1. The van der Waals surface area contributed by atoms with Crippen molar-refractivity contribution in [1.82, 2.24) is 5.32 Å². The molecule has 2 rings (SSSR count). The summed E-state index contributed by atoms with van der Waals surface area (Å²) in [6.45, 7) is 1.83. The van der Waals surface area contributed by atoms with Crippen molar-refractivity contribution in [2.45, 2.75) is 18.4 Å². The van der Waals surface area contributed by atoms with E-state index in [-0.39, 0.29) is 18.0 Å². The molecule has 1 aromatic carbocycles. The smallest absolute Gasteiger partial charge is 0.125 e. The number of hydrogen-bond donors (Lipinski definition) is 2. The van der Waals surface area contributed by atoms with Gasteiger partial charge >= 0.3 is 0 Å². The van der Waals surface area contributed by atoms with Gasteiger partial charge in [-0.3, -0.25) is 0 Å². The summed E-state index contributed by atoms with van der Waals surface area (Å²) in [7, 11) is 1.88. The number of piperidine rings is 1. The van der Waals surface area contributed by atoms with Crippen LogP contribution >= 0.6 is 0 Å². The van der Waals surface area contributed by atoms with Gasteiger partial charge in [0.2, 0.25) is 0 Å². The first-order valence-corrected chi connectivity index (χ1v) is 5.99. The Morgan fingerprint density at radius 3 is 2.65 bits per heavy atom. The molecule has 1 aliphatic heterocycles. The van der Waals surface area contributed by atoms with Crippen LogP contribution in [-0.2, 0) is 0 Å². The van der Waals surface area contributed by atoms with E-state index in [0.29, 0.717) is 0 Å². The number of aliphatic hydroxyl groups excluding tert-OH is 1. The zero-order valence-corrected chi connectivity index (χ0v) is 10.1. The lowest BCUT2D eigenvalue weighted by molar-refractivity contribution is 0.142. The molecule has 0 spiro atoms. The molecule has 3 nitrogen and oxygen atoms in total. The Hall–Kier alpha value is -1.13. The standard InChI is InChI=1S/C13H19FN2O/c1-15-13(10-17)5-7-16(8-6-13)12-4-2-3-11(14)9-12/h2-4,9,15,17H,5-8,10H2,1H3. The van der Waals surface area contributed by atoms with Gasteiger partial charge in [-0.05, 0) is 38.1 Å². The van der Waals surface area contributed by atoms with E-state index in [1.54, 1.807) is 12.1 Å². The first kappa shape index (κ1) is 12.3. The number of benzene rings is 1. The molecule has 0 unspecified atom stereocenters. The van der Waals surface area contributed by atoms with Crippen LogP contribution in [0.25, 0.3) is 0 Å². The second-order valence-corrected chi connectivity index (χ2v) is 4.66. The summed E-state index contributed by atoms with van der Waals surface area (Å²) < 4.78 is 13.1. The zero-order chi connectivity index (χ0) is 12.3. The monoisotopic (exact) mass is 238 g/mol. The van der Waals surface area contributed by atoms with Crippen molar-refractivity contribution in [3.63, 3.8) is 0 Å². The van der Waals surface area contributed by atoms with Crippen molar-refractivity contribution in [2.75, 3.05) is 31.6 Å².